The lowest BCUT2D eigenvalue weighted by atomic mass is 9.70. The summed E-state index contributed by atoms with van der Waals surface area (Å²) in [5.74, 6) is 1.90. The van der Waals surface area contributed by atoms with E-state index >= 15 is 0 Å². The fourth-order valence-corrected chi connectivity index (χ4v) is 11.1. The van der Waals surface area contributed by atoms with Crippen molar-refractivity contribution in [3.8, 4) is 67.5 Å². The van der Waals surface area contributed by atoms with Crippen molar-refractivity contribution in [1.82, 2.24) is 15.0 Å². The molecule has 0 saturated carbocycles. The Bertz CT molecular complexity index is 3620. The molecule has 0 N–H and O–H groups in total. The summed E-state index contributed by atoms with van der Waals surface area (Å²) in [7, 11) is 0. The first-order valence-corrected chi connectivity index (χ1v) is 24.0. The molecule has 2 aliphatic carbocycles. The summed E-state index contributed by atoms with van der Waals surface area (Å²) < 4.78 is 7.08. The average Bonchev–Trinajstić information content (AvgIpc) is 3.97. The predicted molar refractivity (Wildman–Crippen MR) is 281 cm³/mol. The molecule has 2 heterocycles. The zero-order valence-corrected chi connectivity index (χ0v) is 40.4. The van der Waals surface area contributed by atoms with Crippen LogP contribution >= 0.6 is 0 Å². The maximum absolute atomic E-state index is 7.08. The minimum Gasteiger partial charge on any atom is -0.455 e. The normalized spacial score (nSPS) is 13.8. The van der Waals surface area contributed by atoms with Crippen molar-refractivity contribution in [3.63, 3.8) is 0 Å². The Labute approximate surface area is 399 Å². The SMILES string of the molecule is CC(C)(C)c1cc(-c2ccc(-c3nc(-c4ccccc4)nc(-c4cccc5c4-c4ccccc4C54c5ccccc5-c5ccccc54)n3)cc2)c2oc3c(C(C)(C)C)cc(C(C)(C)C)cc3c2c1. The van der Waals surface area contributed by atoms with Crippen molar-refractivity contribution >= 4 is 21.9 Å². The van der Waals surface area contributed by atoms with E-state index in [1.807, 2.05) is 18.2 Å². The van der Waals surface area contributed by atoms with Gasteiger partial charge in [-0.05, 0) is 95.6 Å². The van der Waals surface area contributed by atoms with E-state index in [4.69, 9.17) is 19.4 Å². The van der Waals surface area contributed by atoms with Crippen LogP contribution in [0.5, 0.6) is 0 Å². The van der Waals surface area contributed by atoms with Crippen molar-refractivity contribution in [3.05, 3.63) is 209 Å². The van der Waals surface area contributed by atoms with Crippen LogP contribution in [0.15, 0.2) is 174 Å². The Morgan fingerprint density at radius 2 is 0.809 bits per heavy atom. The lowest BCUT2D eigenvalue weighted by Crippen LogP contribution is -2.25. The first-order chi connectivity index (χ1) is 32.6. The summed E-state index contributed by atoms with van der Waals surface area (Å²) in [6, 6.07) is 61.9. The van der Waals surface area contributed by atoms with E-state index in [0.29, 0.717) is 17.5 Å². The standard InChI is InChI=1S/C64H55N3O/c1-61(2,3)41-34-47(56-48(35-41)49-36-42(62(4,5)6)37-54(57(49)68-56)63(7,8)9)38-30-32-40(33-31-38)59-65-58(39-20-11-10-12-21-39)66-60(67-59)46-25-19-29-53-55(46)45-24-15-18-28-52(45)64(53)50-26-16-13-22-43(50)44-23-14-17-27-51(44)64/h10-37H,1-9H3. The van der Waals surface area contributed by atoms with Gasteiger partial charge < -0.3 is 4.42 Å². The van der Waals surface area contributed by atoms with Crippen LogP contribution in [-0.4, -0.2) is 15.0 Å². The number of hydrogen-bond donors (Lipinski definition) is 0. The second-order valence-electron chi connectivity index (χ2n) is 22.0. The minimum atomic E-state index is -0.470. The molecule has 0 atom stereocenters. The first kappa shape index (κ1) is 42.0. The summed E-state index contributed by atoms with van der Waals surface area (Å²) in [6.45, 7) is 20.6. The van der Waals surface area contributed by atoms with Gasteiger partial charge in [0, 0.05) is 38.6 Å². The van der Waals surface area contributed by atoms with Crippen LogP contribution in [0, 0.1) is 0 Å². The third kappa shape index (κ3) is 6.30. The first-order valence-electron chi connectivity index (χ1n) is 24.0. The molecule has 0 amide bonds. The highest BCUT2D eigenvalue weighted by molar-refractivity contribution is 6.11. The third-order valence-electron chi connectivity index (χ3n) is 14.6. The van der Waals surface area contributed by atoms with E-state index in [1.54, 1.807) is 0 Å². The predicted octanol–water partition coefficient (Wildman–Crippen LogP) is 16.7. The van der Waals surface area contributed by atoms with Gasteiger partial charge in [-0.3, -0.25) is 0 Å². The highest BCUT2D eigenvalue weighted by Gasteiger charge is 2.52. The molecule has 2 aromatic heterocycles. The molecule has 4 heteroatoms. The summed E-state index contributed by atoms with van der Waals surface area (Å²) in [5, 5.41) is 2.33. The molecular weight excluding hydrogens is 827 g/mol. The summed E-state index contributed by atoms with van der Waals surface area (Å²) in [6.07, 6.45) is 0. The molecule has 0 fully saturated rings. The maximum Gasteiger partial charge on any atom is 0.164 e. The number of fused-ring (bicyclic) bond motifs is 13. The van der Waals surface area contributed by atoms with Crippen LogP contribution in [-0.2, 0) is 21.7 Å². The fraction of sp³-hybridized carbons (Fsp3) is 0.203. The van der Waals surface area contributed by atoms with Gasteiger partial charge in [0.1, 0.15) is 11.2 Å². The third-order valence-corrected chi connectivity index (χ3v) is 14.6. The lowest BCUT2D eigenvalue weighted by Gasteiger charge is -2.30. The molecule has 10 aromatic rings. The molecule has 12 rings (SSSR count). The number of benzene rings is 8. The van der Waals surface area contributed by atoms with Crippen LogP contribution < -0.4 is 0 Å². The molecule has 4 nitrogen and oxygen atoms in total. The number of hydrogen-bond acceptors (Lipinski definition) is 4. The highest BCUT2D eigenvalue weighted by atomic mass is 16.3. The van der Waals surface area contributed by atoms with Gasteiger partial charge in [-0.25, -0.2) is 15.0 Å². The van der Waals surface area contributed by atoms with Gasteiger partial charge in [0.2, 0.25) is 0 Å². The molecule has 0 saturated heterocycles. The van der Waals surface area contributed by atoms with Crippen LogP contribution in [0.3, 0.4) is 0 Å². The molecule has 332 valence electrons. The van der Waals surface area contributed by atoms with Crippen LogP contribution in [0.4, 0.5) is 0 Å². The Morgan fingerprint density at radius 1 is 0.353 bits per heavy atom. The summed E-state index contributed by atoms with van der Waals surface area (Å²) >= 11 is 0. The van der Waals surface area contributed by atoms with Crippen molar-refractivity contribution in [1.29, 1.82) is 0 Å². The van der Waals surface area contributed by atoms with Gasteiger partial charge in [0.25, 0.3) is 0 Å². The minimum absolute atomic E-state index is 0.0189. The van der Waals surface area contributed by atoms with Crippen LogP contribution in [0.2, 0.25) is 0 Å². The topological polar surface area (TPSA) is 51.8 Å². The van der Waals surface area contributed by atoms with E-state index < -0.39 is 5.41 Å². The molecular formula is C64H55N3O. The second-order valence-corrected chi connectivity index (χ2v) is 22.0. The molecule has 0 aliphatic heterocycles. The van der Waals surface area contributed by atoms with E-state index in [1.165, 1.54) is 66.6 Å². The molecule has 2 aliphatic rings. The smallest absolute Gasteiger partial charge is 0.164 e. The van der Waals surface area contributed by atoms with Gasteiger partial charge in [-0.15, -0.1) is 0 Å². The van der Waals surface area contributed by atoms with Gasteiger partial charge >= 0.3 is 0 Å². The lowest BCUT2D eigenvalue weighted by molar-refractivity contribution is 0.559. The van der Waals surface area contributed by atoms with Crippen molar-refractivity contribution in [2.45, 2.75) is 84.0 Å². The average molecular weight is 882 g/mol. The van der Waals surface area contributed by atoms with Crippen molar-refractivity contribution in [2.24, 2.45) is 0 Å². The highest BCUT2D eigenvalue weighted by Crippen LogP contribution is 2.64. The zero-order valence-electron chi connectivity index (χ0n) is 40.4. The molecule has 68 heavy (non-hydrogen) atoms. The number of aromatic nitrogens is 3. The Kier molecular flexibility index (Phi) is 9.12. The van der Waals surface area contributed by atoms with Crippen molar-refractivity contribution in [2.75, 3.05) is 0 Å². The second kappa shape index (κ2) is 14.8. The monoisotopic (exact) mass is 881 g/mol. The van der Waals surface area contributed by atoms with E-state index in [9.17, 15) is 0 Å². The number of nitrogens with zero attached hydrogens (tertiary/aromatic N) is 3. The summed E-state index contributed by atoms with van der Waals surface area (Å²) in [4.78, 5) is 15.9. The molecule has 0 bridgehead atoms. The van der Waals surface area contributed by atoms with Crippen LogP contribution in [0.25, 0.3) is 89.5 Å². The molecule has 1 spiro atoms. The Balaban J connectivity index is 1.04. The zero-order chi connectivity index (χ0) is 46.9. The van der Waals surface area contributed by atoms with Crippen LogP contribution in [0.1, 0.15) is 101 Å². The number of furan rings is 1. The van der Waals surface area contributed by atoms with Crippen molar-refractivity contribution < 1.29 is 4.42 Å². The molecule has 0 radical (unpaired) electrons. The molecule has 8 aromatic carbocycles. The van der Waals surface area contributed by atoms with E-state index in [0.717, 1.165) is 44.4 Å². The van der Waals surface area contributed by atoms with E-state index in [-0.39, 0.29) is 16.2 Å². The number of rotatable bonds is 4. The fourth-order valence-electron chi connectivity index (χ4n) is 11.1. The largest absolute Gasteiger partial charge is 0.455 e. The maximum atomic E-state index is 7.08. The Hall–Kier alpha value is -7.43. The van der Waals surface area contributed by atoms with Gasteiger partial charge in [-0.1, -0.05) is 214 Å². The summed E-state index contributed by atoms with van der Waals surface area (Å²) in [5.41, 5.74) is 20.1. The molecule has 0 unspecified atom stereocenters. The van der Waals surface area contributed by atoms with Gasteiger partial charge in [-0.2, -0.15) is 0 Å². The van der Waals surface area contributed by atoms with Gasteiger partial charge in [0.05, 0.1) is 5.41 Å². The quantitative estimate of drug-likeness (QED) is 0.177. The van der Waals surface area contributed by atoms with E-state index in [2.05, 4.69) is 214 Å². The van der Waals surface area contributed by atoms with Gasteiger partial charge in [0.15, 0.2) is 17.5 Å². The Morgan fingerprint density at radius 3 is 1.40 bits per heavy atom.